The number of nitrogens with one attached hydrogen (secondary N) is 1. The molecule has 0 saturated carbocycles. The standard InChI is InChI=1S/C18H14ClN3O4/c1-9-11(19)6-7-14-15(9)17(23)10-8-20-12-4-3-5-13(22(24)25)16(12)21(2)18(10)26-14/h3-8,18,20H,1-2H3. The normalized spacial score (nSPS) is 17.8. The largest absolute Gasteiger partial charge is 0.465 e. The number of carbonyl (C=O) groups excluding carboxylic acids is 1. The van der Waals surface area contributed by atoms with Crippen LogP contribution in [0, 0.1) is 17.0 Å². The number of hydrogen-bond acceptors (Lipinski definition) is 6. The van der Waals surface area contributed by atoms with Gasteiger partial charge in [0, 0.05) is 24.3 Å². The Labute approximate surface area is 154 Å². The lowest BCUT2D eigenvalue weighted by molar-refractivity contribution is -0.384. The minimum absolute atomic E-state index is 0.0683. The van der Waals surface area contributed by atoms with Crippen LogP contribution < -0.4 is 15.0 Å². The summed E-state index contributed by atoms with van der Waals surface area (Å²) in [5.41, 5.74) is 2.23. The molecule has 2 aromatic rings. The van der Waals surface area contributed by atoms with E-state index in [1.54, 1.807) is 49.3 Å². The van der Waals surface area contributed by atoms with Crippen molar-refractivity contribution in [3.05, 3.63) is 68.4 Å². The molecule has 0 saturated heterocycles. The van der Waals surface area contributed by atoms with Gasteiger partial charge in [0.1, 0.15) is 11.4 Å². The van der Waals surface area contributed by atoms with E-state index in [0.29, 0.717) is 38.8 Å². The number of carbonyl (C=O) groups is 1. The Balaban J connectivity index is 1.89. The van der Waals surface area contributed by atoms with Crippen LogP contribution in [-0.4, -0.2) is 24.0 Å². The van der Waals surface area contributed by atoms with Crippen molar-refractivity contribution < 1.29 is 14.5 Å². The SMILES string of the molecule is Cc1c(Cl)ccc2c1C(=O)C1=CNc3cccc([N+](=O)[O-])c3N(C)C1O2. The fraction of sp³-hybridized carbons (Fsp3) is 0.167. The van der Waals surface area contributed by atoms with E-state index in [1.807, 2.05) is 0 Å². The molecular formula is C18H14ClN3O4. The number of nitrogens with zero attached hydrogens (tertiary/aromatic N) is 2. The van der Waals surface area contributed by atoms with Crippen molar-refractivity contribution in [2.75, 3.05) is 17.3 Å². The third-order valence-electron chi connectivity index (χ3n) is 4.65. The third-order valence-corrected chi connectivity index (χ3v) is 5.06. The van der Waals surface area contributed by atoms with Crippen molar-refractivity contribution >= 4 is 34.4 Å². The third kappa shape index (κ3) is 2.24. The summed E-state index contributed by atoms with van der Waals surface area (Å²) in [6, 6.07) is 8.04. The van der Waals surface area contributed by atoms with Gasteiger partial charge >= 0.3 is 0 Å². The van der Waals surface area contributed by atoms with Crippen LogP contribution in [0.4, 0.5) is 17.1 Å². The van der Waals surface area contributed by atoms with E-state index in [2.05, 4.69) is 5.32 Å². The molecule has 2 aromatic carbocycles. The minimum atomic E-state index is -0.787. The average molecular weight is 372 g/mol. The maximum absolute atomic E-state index is 13.1. The van der Waals surface area contributed by atoms with Crippen LogP contribution in [-0.2, 0) is 0 Å². The zero-order valence-electron chi connectivity index (χ0n) is 13.9. The van der Waals surface area contributed by atoms with Crippen molar-refractivity contribution in [3.63, 3.8) is 0 Å². The molecule has 0 bridgehead atoms. The molecule has 1 unspecified atom stereocenters. The van der Waals surface area contributed by atoms with Crippen molar-refractivity contribution in [1.29, 1.82) is 0 Å². The second kappa shape index (κ2) is 5.74. The fourth-order valence-electron chi connectivity index (χ4n) is 3.35. The smallest absolute Gasteiger partial charge is 0.294 e. The number of halogens is 1. The van der Waals surface area contributed by atoms with Gasteiger partial charge in [-0.1, -0.05) is 17.7 Å². The molecular weight excluding hydrogens is 358 g/mol. The van der Waals surface area contributed by atoms with Gasteiger partial charge in [0.15, 0.2) is 5.78 Å². The number of nitro groups is 1. The van der Waals surface area contributed by atoms with Crippen LogP contribution in [0.2, 0.25) is 5.02 Å². The second-order valence-electron chi connectivity index (χ2n) is 6.13. The highest BCUT2D eigenvalue weighted by molar-refractivity contribution is 6.32. The molecule has 1 atom stereocenters. The molecule has 132 valence electrons. The molecule has 2 aliphatic heterocycles. The molecule has 0 aliphatic carbocycles. The fourth-order valence-corrected chi connectivity index (χ4v) is 3.50. The monoisotopic (exact) mass is 371 g/mol. The molecule has 0 fully saturated rings. The molecule has 2 heterocycles. The van der Waals surface area contributed by atoms with Gasteiger partial charge in [-0.2, -0.15) is 0 Å². The average Bonchev–Trinajstić information content (AvgIpc) is 2.76. The minimum Gasteiger partial charge on any atom is -0.465 e. The second-order valence-corrected chi connectivity index (χ2v) is 6.54. The predicted octanol–water partition coefficient (Wildman–Crippen LogP) is 3.90. The number of rotatable bonds is 1. The molecule has 0 aromatic heterocycles. The van der Waals surface area contributed by atoms with Crippen LogP contribution >= 0.6 is 11.6 Å². The maximum atomic E-state index is 13.1. The van der Waals surface area contributed by atoms with E-state index < -0.39 is 11.2 Å². The number of para-hydroxylation sites is 1. The molecule has 0 amide bonds. The zero-order chi connectivity index (χ0) is 18.6. The summed E-state index contributed by atoms with van der Waals surface area (Å²) in [6.45, 7) is 1.76. The Kier molecular flexibility index (Phi) is 3.62. The van der Waals surface area contributed by atoms with Gasteiger partial charge in [-0.15, -0.1) is 0 Å². The van der Waals surface area contributed by atoms with Gasteiger partial charge in [-0.25, -0.2) is 0 Å². The predicted molar refractivity (Wildman–Crippen MR) is 98.1 cm³/mol. The summed E-state index contributed by atoms with van der Waals surface area (Å²) in [6.07, 6.45) is 0.757. The van der Waals surface area contributed by atoms with Gasteiger partial charge in [0.25, 0.3) is 5.69 Å². The Morgan fingerprint density at radius 3 is 2.81 bits per heavy atom. The lowest BCUT2D eigenvalue weighted by Gasteiger charge is -2.34. The van der Waals surface area contributed by atoms with E-state index in [-0.39, 0.29) is 11.5 Å². The summed E-state index contributed by atoms with van der Waals surface area (Å²) >= 11 is 6.15. The first kappa shape index (κ1) is 16.4. The first-order valence-corrected chi connectivity index (χ1v) is 8.25. The van der Waals surface area contributed by atoms with Crippen LogP contribution in [0.25, 0.3) is 0 Å². The summed E-state index contributed by atoms with van der Waals surface area (Å²) in [7, 11) is 1.67. The van der Waals surface area contributed by atoms with E-state index in [1.165, 1.54) is 6.07 Å². The number of benzene rings is 2. The first-order valence-electron chi connectivity index (χ1n) is 7.87. The highest BCUT2D eigenvalue weighted by atomic mass is 35.5. The number of likely N-dealkylation sites (N-methyl/N-ethyl adjacent to an activating group) is 1. The van der Waals surface area contributed by atoms with Crippen molar-refractivity contribution in [2.45, 2.75) is 13.2 Å². The molecule has 1 N–H and O–H groups in total. The van der Waals surface area contributed by atoms with Gasteiger partial charge < -0.3 is 15.0 Å². The van der Waals surface area contributed by atoms with Gasteiger partial charge in [-0.3, -0.25) is 14.9 Å². The van der Waals surface area contributed by atoms with Crippen LogP contribution in [0.3, 0.4) is 0 Å². The Bertz CT molecular complexity index is 1000. The van der Waals surface area contributed by atoms with E-state index in [0.717, 1.165) is 0 Å². The van der Waals surface area contributed by atoms with Crippen LogP contribution in [0.5, 0.6) is 5.75 Å². The lowest BCUT2D eigenvalue weighted by atomic mass is 9.94. The van der Waals surface area contributed by atoms with Crippen molar-refractivity contribution in [1.82, 2.24) is 0 Å². The number of anilines is 2. The summed E-state index contributed by atoms with van der Waals surface area (Å²) in [4.78, 5) is 25.7. The number of hydrogen-bond donors (Lipinski definition) is 1. The number of ether oxygens (including phenoxy) is 1. The highest BCUT2D eigenvalue weighted by Crippen LogP contribution is 2.43. The van der Waals surface area contributed by atoms with Crippen LogP contribution in [0.1, 0.15) is 15.9 Å². The topological polar surface area (TPSA) is 84.7 Å². The van der Waals surface area contributed by atoms with E-state index in [9.17, 15) is 14.9 Å². The number of ketones is 1. The van der Waals surface area contributed by atoms with Gasteiger partial charge in [-0.05, 0) is 30.7 Å². The number of fused-ring (bicyclic) bond motifs is 3. The van der Waals surface area contributed by atoms with Gasteiger partial charge in [0.05, 0.1) is 21.7 Å². The molecule has 7 nitrogen and oxygen atoms in total. The quantitative estimate of drug-likeness (QED) is 0.604. The van der Waals surface area contributed by atoms with Crippen LogP contribution in [0.15, 0.2) is 42.1 Å². The van der Waals surface area contributed by atoms with Gasteiger partial charge in [0.2, 0.25) is 6.23 Å². The lowest BCUT2D eigenvalue weighted by Crippen LogP contribution is -2.43. The van der Waals surface area contributed by atoms with Crippen molar-refractivity contribution in [2.24, 2.45) is 0 Å². The molecule has 0 radical (unpaired) electrons. The maximum Gasteiger partial charge on any atom is 0.294 e. The zero-order valence-corrected chi connectivity index (χ0v) is 14.7. The van der Waals surface area contributed by atoms with E-state index >= 15 is 0 Å². The van der Waals surface area contributed by atoms with Crippen molar-refractivity contribution in [3.8, 4) is 5.75 Å². The molecule has 4 rings (SSSR count). The molecule has 26 heavy (non-hydrogen) atoms. The Morgan fingerprint density at radius 1 is 1.31 bits per heavy atom. The first-order chi connectivity index (χ1) is 12.4. The molecule has 2 aliphatic rings. The molecule has 0 spiro atoms. The number of nitro benzene ring substituents is 1. The highest BCUT2D eigenvalue weighted by Gasteiger charge is 2.40. The summed E-state index contributed by atoms with van der Waals surface area (Å²) in [5, 5.41) is 14.9. The summed E-state index contributed by atoms with van der Waals surface area (Å²) in [5.74, 6) is 0.194. The Morgan fingerprint density at radius 2 is 2.08 bits per heavy atom. The van der Waals surface area contributed by atoms with E-state index in [4.69, 9.17) is 16.3 Å². The Hall–Kier alpha value is -3.06. The summed E-state index contributed by atoms with van der Waals surface area (Å²) < 4.78 is 6.04. The number of Topliss-reactive ketones (excluding diaryl/α,β-unsaturated/α-hetero) is 1. The molecule has 8 heteroatoms.